The molecule has 2 heterocycles. The van der Waals surface area contributed by atoms with Gasteiger partial charge in [0, 0.05) is 52.0 Å². The summed E-state index contributed by atoms with van der Waals surface area (Å²) in [4.78, 5) is 16.1. The molecule has 0 spiro atoms. The smallest absolute Gasteiger partial charge is 0.255 e. The van der Waals surface area contributed by atoms with Crippen molar-refractivity contribution < 1.29 is 9.53 Å². The molecule has 0 aliphatic carbocycles. The molecular formula is C14H24N4O2. The lowest BCUT2D eigenvalue weighted by atomic mass is 10.0. The average Bonchev–Trinajstić information content (AvgIpc) is 2.70. The van der Waals surface area contributed by atoms with Crippen LogP contribution in [0, 0.1) is 6.92 Å². The Balaban J connectivity index is 2.07. The van der Waals surface area contributed by atoms with E-state index in [-0.39, 0.29) is 5.91 Å². The van der Waals surface area contributed by atoms with Crippen LogP contribution in [0.3, 0.4) is 0 Å². The monoisotopic (exact) mass is 280 g/mol. The number of hydrogen-bond acceptors (Lipinski definition) is 4. The number of ether oxygens (including phenoxy) is 1. The number of aromatic nitrogens is 2. The predicted molar refractivity (Wildman–Crippen MR) is 76.3 cm³/mol. The fraction of sp³-hybridized carbons (Fsp3) is 0.714. The maximum atomic E-state index is 12.2. The van der Waals surface area contributed by atoms with Crippen LogP contribution in [0.25, 0.3) is 0 Å². The molecule has 112 valence electrons. The minimum absolute atomic E-state index is 0.0186. The molecule has 0 aromatic carbocycles. The lowest BCUT2D eigenvalue weighted by molar-refractivity contribution is -0.165. The predicted octanol–water partition coefficient (Wildman–Crippen LogP) is 0.408. The maximum absolute atomic E-state index is 12.2. The molecule has 1 fully saturated rings. The van der Waals surface area contributed by atoms with Crippen LogP contribution in [0.5, 0.6) is 0 Å². The van der Waals surface area contributed by atoms with E-state index < -0.39 is 5.60 Å². The van der Waals surface area contributed by atoms with Crippen molar-refractivity contribution in [1.82, 2.24) is 19.6 Å². The van der Waals surface area contributed by atoms with Gasteiger partial charge in [0.05, 0.1) is 12.8 Å². The van der Waals surface area contributed by atoms with Gasteiger partial charge < -0.3 is 9.64 Å². The zero-order valence-electron chi connectivity index (χ0n) is 13.0. The van der Waals surface area contributed by atoms with Gasteiger partial charge in [-0.05, 0) is 13.8 Å². The van der Waals surface area contributed by atoms with Crippen LogP contribution < -0.4 is 0 Å². The highest BCUT2D eigenvalue weighted by atomic mass is 16.5. The molecule has 1 aliphatic rings. The summed E-state index contributed by atoms with van der Waals surface area (Å²) >= 11 is 0. The molecule has 0 saturated carbocycles. The Labute approximate surface area is 120 Å². The number of likely N-dealkylation sites (N-methyl/N-ethyl adjacent to an activating group) is 1. The van der Waals surface area contributed by atoms with Gasteiger partial charge in [-0.25, -0.2) is 0 Å². The summed E-state index contributed by atoms with van der Waals surface area (Å²) in [5.41, 5.74) is 1.61. The summed E-state index contributed by atoms with van der Waals surface area (Å²) in [5.74, 6) is 0.0186. The molecule has 0 unspecified atom stereocenters. The number of carbonyl (C=O) groups is 1. The maximum Gasteiger partial charge on any atom is 0.255 e. The van der Waals surface area contributed by atoms with Crippen molar-refractivity contribution in [2.24, 2.45) is 7.05 Å². The Morgan fingerprint density at radius 1 is 1.55 bits per heavy atom. The molecule has 0 bridgehead atoms. The topological polar surface area (TPSA) is 50.6 Å². The van der Waals surface area contributed by atoms with E-state index in [9.17, 15) is 4.79 Å². The Bertz CT molecular complexity index is 497. The lowest BCUT2D eigenvalue weighted by Crippen LogP contribution is -2.57. The van der Waals surface area contributed by atoms with Gasteiger partial charge in [0.25, 0.3) is 5.91 Å². The molecule has 0 N–H and O–H groups in total. The molecule has 6 heteroatoms. The summed E-state index contributed by atoms with van der Waals surface area (Å²) in [7, 11) is 5.47. The fourth-order valence-electron chi connectivity index (χ4n) is 2.63. The van der Waals surface area contributed by atoms with Gasteiger partial charge in [-0.3, -0.25) is 14.4 Å². The zero-order valence-corrected chi connectivity index (χ0v) is 13.0. The average molecular weight is 280 g/mol. The van der Waals surface area contributed by atoms with Crippen molar-refractivity contribution in [2.45, 2.75) is 26.0 Å². The number of morpholine rings is 1. The molecule has 1 atom stereocenters. The van der Waals surface area contributed by atoms with Crippen LogP contribution in [-0.4, -0.2) is 64.9 Å². The summed E-state index contributed by atoms with van der Waals surface area (Å²) < 4.78 is 7.61. The second-order valence-corrected chi connectivity index (χ2v) is 5.87. The highest BCUT2D eigenvalue weighted by Crippen LogP contribution is 2.21. The standard InChI is InChI=1S/C14H24N4O2/c1-11-12(8-15-17(11)5)9-18-6-7-20-14(2,10-18)13(19)16(3)4/h8H,6-7,9-10H2,1-5H3/t14-/m1/s1. The normalized spacial score (nSPS) is 23.9. The third-order valence-corrected chi connectivity index (χ3v) is 3.94. The highest BCUT2D eigenvalue weighted by Gasteiger charge is 2.40. The highest BCUT2D eigenvalue weighted by molar-refractivity contribution is 5.84. The quantitative estimate of drug-likeness (QED) is 0.804. The van der Waals surface area contributed by atoms with Gasteiger partial charge in [0.15, 0.2) is 5.60 Å². The number of aryl methyl sites for hydroxylation is 1. The molecule has 6 nitrogen and oxygen atoms in total. The Morgan fingerprint density at radius 2 is 2.25 bits per heavy atom. The van der Waals surface area contributed by atoms with Crippen molar-refractivity contribution in [3.63, 3.8) is 0 Å². The molecule has 1 aromatic rings. The van der Waals surface area contributed by atoms with Crippen LogP contribution >= 0.6 is 0 Å². The zero-order chi connectivity index (χ0) is 14.9. The Morgan fingerprint density at radius 3 is 2.80 bits per heavy atom. The van der Waals surface area contributed by atoms with Gasteiger partial charge in [0.1, 0.15) is 0 Å². The van der Waals surface area contributed by atoms with Gasteiger partial charge in [-0.1, -0.05) is 0 Å². The molecule has 1 amide bonds. The number of amides is 1. The summed E-state index contributed by atoms with van der Waals surface area (Å²) in [6.45, 7) is 6.77. The molecule has 1 saturated heterocycles. The second kappa shape index (κ2) is 5.54. The van der Waals surface area contributed by atoms with Crippen molar-refractivity contribution in [2.75, 3.05) is 33.8 Å². The van der Waals surface area contributed by atoms with E-state index in [1.807, 2.05) is 24.9 Å². The van der Waals surface area contributed by atoms with Crippen LogP contribution in [0.15, 0.2) is 6.20 Å². The van der Waals surface area contributed by atoms with Crippen LogP contribution in [0.2, 0.25) is 0 Å². The van der Waals surface area contributed by atoms with E-state index in [1.165, 1.54) is 5.56 Å². The van der Waals surface area contributed by atoms with E-state index in [1.54, 1.807) is 19.0 Å². The SMILES string of the molecule is Cc1c(CN2CCO[C@@](C)(C(=O)N(C)C)C2)cnn1C. The molecular weight excluding hydrogens is 256 g/mol. The van der Waals surface area contributed by atoms with E-state index in [2.05, 4.69) is 16.9 Å². The van der Waals surface area contributed by atoms with Crippen molar-refractivity contribution in [3.8, 4) is 0 Å². The van der Waals surface area contributed by atoms with Gasteiger partial charge in [-0.2, -0.15) is 5.10 Å². The number of rotatable bonds is 3. The molecule has 20 heavy (non-hydrogen) atoms. The summed E-state index contributed by atoms with van der Waals surface area (Å²) in [5, 5.41) is 4.26. The van der Waals surface area contributed by atoms with E-state index in [4.69, 9.17) is 4.74 Å². The number of carbonyl (C=O) groups excluding carboxylic acids is 1. The Hall–Kier alpha value is -1.40. The van der Waals surface area contributed by atoms with Crippen molar-refractivity contribution in [1.29, 1.82) is 0 Å². The minimum Gasteiger partial charge on any atom is -0.363 e. The third kappa shape index (κ3) is 2.86. The first-order chi connectivity index (χ1) is 9.33. The Kier molecular flexibility index (Phi) is 4.15. The first-order valence-corrected chi connectivity index (χ1v) is 6.89. The van der Waals surface area contributed by atoms with E-state index >= 15 is 0 Å². The first-order valence-electron chi connectivity index (χ1n) is 6.89. The van der Waals surface area contributed by atoms with Crippen molar-refractivity contribution >= 4 is 5.91 Å². The van der Waals surface area contributed by atoms with Gasteiger partial charge in [0.2, 0.25) is 0 Å². The van der Waals surface area contributed by atoms with E-state index in [0.717, 1.165) is 18.8 Å². The third-order valence-electron chi connectivity index (χ3n) is 3.94. The lowest BCUT2D eigenvalue weighted by Gasteiger charge is -2.40. The molecule has 1 aromatic heterocycles. The van der Waals surface area contributed by atoms with Crippen LogP contribution in [0.4, 0.5) is 0 Å². The van der Waals surface area contributed by atoms with Crippen molar-refractivity contribution in [3.05, 3.63) is 17.5 Å². The summed E-state index contributed by atoms with van der Waals surface area (Å²) in [6, 6.07) is 0. The fourth-order valence-corrected chi connectivity index (χ4v) is 2.63. The van der Waals surface area contributed by atoms with Gasteiger partial charge >= 0.3 is 0 Å². The van der Waals surface area contributed by atoms with Crippen LogP contribution in [-0.2, 0) is 23.1 Å². The number of nitrogens with zero attached hydrogens (tertiary/aromatic N) is 4. The minimum atomic E-state index is -0.752. The summed E-state index contributed by atoms with van der Waals surface area (Å²) in [6.07, 6.45) is 1.90. The van der Waals surface area contributed by atoms with Crippen LogP contribution in [0.1, 0.15) is 18.2 Å². The molecule has 1 aliphatic heterocycles. The molecule has 0 radical (unpaired) electrons. The largest absolute Gasteiger partial charge is 0.363 e. The molecule has 2 rings (SSSR count). The van der Waals surface area contributed by atoms with Gasteiger partial charge in [-0.15, -0.1) is 0 Å². The first kappa shape index (κ1) is 15.0. The number of hydrogen-bond donors (Lipinski definition) is 0. The van der Waals surface area contributed by atoms with E-state index in [0.29, 0.717) is 13.2 Å². The second-order valence-electron chi connectivity index (χ2n) is 5.87.